The average molecular weight is 442 g/mol. The molecular formula is C20H37NSSn. The van der Waals surface area contributed by atoms with E-state index in [1.165, 1.54) is 44.2 Å². The Bertz CT molecular complexity index is 345. The van der Waals surface area contributed by atoms with Gasteiger partial charge in [0, 0.05) is 19.8 Å². The van der Waals surface area contributed by atoms with Gasteiger partial charge in [-0.15, -0.1) is 0 Å². The number of unbranched alkanes of at least 4 members (excludes halogenated alkanes) is 3. The molecule has 0 aliphatic carbocycles. The van der Waals surface area contributed by atoms with Crippen LogP contribution in [0.2, 0.25) is 13.3 Å². The van der Waals surface area contributed by atoms with Gasteiger partial charge in [0.1, 0.15) is 0 Å². The molecule has 1 aromatic rings. The third-order valence-corrected chi connectivity index (χ3v) is 13.4. The molecule has 23 heavy (non-hydrogen) atoms. The Morgan fingerprint density at radius 3 is 1.48 bits per heavy atom. The number of rotatable bonds is 10. The predicted molar refractivity (Wildman–Crippen MR) is 111 cm³/mol. The van der Waals surface area contributed by atoms with E-state index in [0.717, 1.165) is 4.90 Å². The van der Waals surface area contributed by atoms with Crippen LogP contribution in [0.25, 0.3) is 0 Å². The van der Waals surface area contributed by atoms with Gasteiger partial charge in [0.2, 0.25) is 0 Å². The third-order valence-electron chi connectivity index (χ3n) is 4.00. The molecule has 0 heterocycles. The SMILES string of the molecule is CCC[CH2][Sn+]([CH2]CCC)[CH2]CCC.CN(C)c1ccc([S-])cc1. The second kappa shape index (κ2) is 15.6. The van der Waals surface area contributed by atoms with Crippen LogP contribution in [0.15, 0.2) is 29.2 Å². The van der Waals surface area contributed by atoms with Gasteiger partial charge in [-0.1, -0.05) is 12.1 Å². The van der Waals surface area contributed by atoms with Crippen LogP contribution in [0.4, 0.5) is 5.69 Å². The maximum Gasteiger partial charge on any atom is 0.0359 e. The molecule has 0 spiro atoms. The Morgan fingerprint density at radius 2 is 1.17 bits per heavy atom. The van der Waals surface area contributed by atoms with E-state index in [1.807, 2.05) is 38.4 Å². The first-order valence-corrected chi connectivity index (χ1v) is 15.8. The van der Waals surface area contributed by atoms with Gasteiger partial charge in [-0.25, -0.2) is 0 Å². The van der Waals surface area contributed by atoms with Crippen molar-refractivity contribution >= 4 is 38.1 Å². The van der Waals surface area contributed by atoms with Crippen molar-refractivity contribution in [3.05, 3.63) is 24.3 Å². The van der Waals surface area contributed by atoms with E-state index in [4.69, 9.17) is 12.6 Å². The second-order valence-electron chi connectivity index (χ2n) is 6.45. The van der Waals surface area contributed by atoms with Crippen LogP contribution < -0.4 is 4.90 Å². The Balaban J connectivity index is 0.000000433. The van der Waals surface area contributed by atoms with E-state index in [2.05, 4.69) is 25.7 Å². The summed E-state index contributed by atoms with van der Waals surface area (Å²) in [5.74, 6) is 0. The molecule has 0 saturated carbocycles. The molecule has 0 saturated heterocycles. The van der Waals surface area contributed by atoms with Crippen molar-refractivity contribution in [3.63, 3.8) is 0 Å². The molecule has 1 nitrogen and oxygen atoms in total. The fraction of sp³-hybridized carbons (Fsp3) is 0.700. The number of benzene rings is 1. The van der Waals surface area contributed by atoms with Gasteiger partial charge in [0.05, 0.1) is 0 Å². The van der Waals surface area contributed by atoms with Crippen molar-refractivity contribution in [1.29, 1.82) is 0 Å². The van der Waals surface area contributed by atoms with E-state index in [9.17, 15) is 0 Å². The van der Waals surface area contributed by atoms with Crippen molar-refractivity contribution in [2.75, 3.05) is 19.0 Å². The molecule has 0 unspecified atom stereocenters. The number of hydrogen-bond donors (Lipinski definition) is 0. The number of nitrogens with zero attached hydrogens (tertiary/aromatic N) is 1. The minimum atomic E-state index is -0.839. The maximum absolute atomic E-state index is 4.94. The summed E-state index contributed by atoms with van der Waals surface area (Å²) in [5, 5.41) is 0. The minimum absolute atomic E-state index is 0.839. The molecule has 0 aliphatic heterocycles. The van der Waals surface area contributed by atoms with Crippen molar-refractivity contribution in [2.45, 2.75) is 77.5 Å². The standard InChI is InChI=1S/C8H11NS.3C4H9.Sn/c1-9(2)7-3-5-8(10)6-4-7;3*1-3-4-2;/h3-6,10H,1-2H3;3*1,3-4H2,2H3;/q;;;;+1/p-1. The molecule has 0 atom stereocenters. The summed E-state index contributed by atoms with van der Waals surface area (Å²) < 4.78 is 5.04. The molecule has 0 aromatic heterocycles. The smallest absolute Gasteiger partial charge is 0.0359 e. The normalized spacial score (nSPS) is 9.96. The maximum atomic E-state index is 4.94. The van der Waals surface area contributed by atoms with Gasteiger partial charge in [-0.3, -0.25) is 0 Å². The van der Waals surface area contributed by atoms with Gasteiger partial charge in [-0.2, -0.15) is 4.90 Å². The summed E-state index contributed by atoms with van der Waals surface area (Å²) in [6.07, 6.45) is 8.85. The average Bonchev–Trinajstić information content (AvgIpc) is 2.55. The largest absolute Gasteiger partial charge is 0.780 e. The Kier molecular flexibility index (Phi) is 15.6. The van der Waals surface area contributed by atoms with E-state index < -0.39 is 19.8 Å². The molecule has 0 aliphatic rings. The molecular weight excluding hydrogens is 405 g/mol. The first-order valence-electron chi connectivity index (χ1n) is 9.33. The summed E-state index contributed by atoms with van der Waals surface area (Å²) in [7, 11) is 4.02. The molecule has 3 heteroatoms. The van der Waals surface area contributed by atoms with Gasteiger partial charge in [-0.05, 0) is 12.1 Å². The zero-order chi connectivity index (χ0) is 17.5. The van der Waals surface area contributed by atoms with Crippen molar-refractivity contribution < 1.29 is 0 Å². The predicted octanol–water partition coefficient (Wildman–Crippen LogP) is 6.54. The van der Waals surface area contributed by atoms with Crippen LogP contribution in [-0.2, 0) is 12.6 Å². The van der Waals surface area contributed by atoms with Crippen LogP contribution >= 0.6 is 0 Å². The van der Waals surface area contributed by atoms with Crippen molar-refractivity contribution in [3.8, 4) is 0 Å². The zero-order valence-corrected chi connectivity index (χ0v) is 19.7. The second-order valence-corrected chi connectivity index (χ2v) is 15.5. The first-order chi connectivity index (χ1) is 11.0. The topological polar surface area (TPSA) is 3.24 Å². The Hall–Kier alpha value is 0.0387. The fourth-order valence-corrected chi connectivity index (χ4v) is 12.0. The summed E-state index contributed by atoms with van der Waals surface area (Å²) in [5.41, 5.74) is 1.19. The van der Waals surface area contributed by atoms with Gasteiger partial charge < -0.3 is 17.5 Å². The van der Waals surface area contributed by atoms with Gasteiger partial charge in [0.25, 0.3) is 0 Å². The molecule has 1 rings (SSSR count). The van der Waals surface area contributed by atoms with Crippen LogP contribution in [0.1, 0.15) is 59.3 Å². The van der Waals surface area contributed by atoms with Crippen molar-refractivity contribution in [1.82, 2.24) is 0 Å². The van der Waals surface area contributed by atoms with E-state index in [0.29, 0.717) is 0 Å². The number of anilines is 1. The minimum Gasteiger partial charge on any atom is -0.780 e. The molecule has 0 bridgehead atoms. The summed E-state index contributed by atoms with van der Waals surface area (Å²) in [6, 6.07) is 7.90. The summed E-state index contributed by atoms with van der Waals surface area (Å²) in [4.78, 5) is 2.94. The molecule has 1 aromatic carbocycles. The van der Waals surface area contributed by atoms with Crippen LogP contribution in [0, 0.1) is 0 Å². The van der Waals surface area contributed by atoms with E-state index in [-0.39, 0.29) is 0 Å². The third kappa shape index (κ3) is 13.1. The summed E-state index contributed by atoms with van der Waals surface area (Å²) >= 11 is 4.10. The quantitative estimate of drug-likeness (QED) is 0.299. The summed E-state index contributed by atoms with van der Waals surface area (Å²) in [6.45, 7) is 7.00. The molecule has 0 radical (unpaired) electrons. The number of hydrogen-bond acceptors (Lipinski definition) is 2. The van der Waals surface area contributed by atoms with Crippen molar-refractivity contribution in [2.24, 2.45) is 0 Å². The van der Waals surface area contributed by atoms with Crippen LogP contribution in [0.5, 0.6) is 0 Å². The zero-order valence-electron chi connectivity index (χ0n) is 16.0. The fourth-order valence-electron chi connectivity index (χ4n) is 2.40. The Morgan fingerprint density at radius 1 is 0.783 bits per heavy atom. The Labute approximate surface area is 158 Å². The van der Waals surface area contributed by atoms with Crippen LogP contribution in [-0.4, -0.2) is 33.9 Å². The molecule has 0 N–H and O–H groups in total. The van der Waals surface area contributed by atoms with E-state index >= 15 is 0 Å². The van der Waals surface area contributed by atoms with Gasteiger partial charge in [0.15, 0.2) is 0 Å². The monoisotopic (exact) mass is 443 g/mol. The molecule has 0 amide bonds. The van der Waals surface area contributed by atoms with Gasteiger partial charge >= 0.3 is 92.4 Å². The molecule has 132 valence electrons. The first kappa shape index (κ1) is 23.0. The van der Waals surface area contributed by atoms with E-state index in [1.54, 1.807) is 13.3 Å². The molecule has 0 fully saturated rings. The van der Waals surface area contributed by atoms with Crippen LogP contribution in [0.3, 0.4) is 0 Å².